The van der Waals surface area contributed by atoms with Gasteiger partial charge in [-0.3, -0.25) is 14.9 Å². The van der Waals surface area contributed by atoms with Gasteiger partial charge in [0.05, 0.1) is 11.6 Å². The molecule has 176 valence electrons. The normalized spacial score (nSPS) is 12.0. The number of aliphatic carboxylic acids is 1. The zero-order valence-electron chi connectivity index (χ0n) is 19.3. The van der Waals surface area contributed by atoms with Crippen molar-refractivity contribution in [2.45, 2.75) is 18.0 Å². The fourth-order valence-electron chi connectivity index (χ4n) is 4.42. The molecule has 1 atom stereocenters. The number of carboxylic acids is 1. The molecule has 1 amide bonds. The van der Waals surface area contributed by atoms with Crippen molar-refractivity contribution in [3.05, 3.63) is 144 Å². The molecule has 0 aliphatic carbocycles. The molecule has 4 rings (SSSR count). The average molecular weight is 465 g/mol. The van der Waals surface area contributed by atoms with Crippen molar-refractivity contribution in [2.75, 3.05) is 6.54 Å². The molecule has 5 heteroatoms. The first-order valence-electron chi connectivity index (χ1n) is 11.6. The SMILES string of the molecule is O=C(O)CNC(=O)[C@H](Cc1ccccc1)NC(c1ccccc1)(c1ccccc1)c1ccccc1. The summed E-state index contributed by atoms with van der Waals surface area (Å²) in [5.74, 6) is -1.46. The van der Waals surface area contributed by atoms with Crippen molar-refractivity contribution in [1.82, 2.24) is 10.6 Å². The molecule has 4 aromatic rings. The predicted molar refractivity (Wildman–Crippen MR) is 137 cm³/mol. The van der Waals surface area contributed by atoms with E-state index in [2.05, 4.69) is 10.6 Å². The van der Waals surface area contributed by atoms with E-state index in [0.29, 0.717) is 6.42 Å². The molecule has 0 unspecified atom stereocenters. The number of carbonyl (C=O) groups is 2. The minimum atomic E-state index is -1.09. The highest BCUT2D eigenvalue weighted by atomic mass is 16.4. The van der Waals surface area contributed by atoms with Crippen LogP contribution in [0.25, 0.3) is 0 Å². The molecule has 0 fully saturated rings. The van der Waals surface area contributed by atoms with Crippen molar-refractivity contribution < 1.29 is 14.7 Å². The van der Waals surface area contributed by atoms with Gasteiger partial charge in [0.15, 0.2) is 0 Å². The Morgan fingerprint density at radius 2 is 1.06 bits per heavy atom. The maximum atomic E-state index is 13.4. The Kier molecular flexibility index (Phi) is 7.70. The minimum Gasteiger partial charge on any atom is -0.480 e. The van der Waals surface area contributed by atoms with E-state index in [9.17, 15) is 9.59 Å². The van der Waals surface area contributed by atoms with Crippen LogP contribution in [0.1, 0.15) is 22.3 Å². The van der Waals surface area contributed by atoms with Crippen molar-refractivity contribution in [3.63, 3.8) is 0 Å². The zero-order chi connectivity index (χ0) is 24.5. The number of hydrogen-bond donors (Lipinski definition) is 3. The Hall–Kier alpha value is -4.22. The molecule has 0 spiro atoms. The van der Waals surface area contributed by atoms with Crippen LogP contribution in [0.4, 0.5) is 0 Å². The molecular weight excluding hydrogens is 436 g/mol. The molecule has 0 aliphatic rings. The van der Waals surface area contributed by atoms with Gasteiger partial charge >= 0.3 is 5.97 Å². The Bertz CT molecular complexity index is 1130. The molecule has 0 bridgehead atoms. The Morgan fingerprint density at radius 1 is 0.657 bits per heavy atom. The first-order valence-corrected chi connectivity index (χ1v) is 11.6. The van der Waals surface area contributed by atoms with Crippen molar-refractivity contribution in [2.24, 2.45) is 0 Å². The molecule has 0 saturated carbocycles. The lowest BCUT2D eigenvalue weighted by Gasteiger charge is -2.40. The third-order valence-electron chi connectivity index (χ3n) is 6.02. The second-order valence-corrected chi connectivity index (χ2v) is 8.35. The van der Waals surface area contributed by atoms with Crippen LogP contribution in [0.5, 0.6) is 0 Å². The summed E-state index contributed by atoms with van der Waals surface area (Å²) in [5, 5.41) is 15.4. The van der Waals surface area contributed by atoms with Crippen LogP contribution in [0.3, 0.4) is 0 Å². The predicted octanol–water partition coefficient (Wildman–Crippen LogP) is 4.38. The lowest BCUT2D eigenvalue weighted by atomic mass is 9.76. The summed E-state index contributed by atoms with van der Waals surface area (Å²) < 4.78 is 0. The van der Waals surface area contributed by atoms with Gasteiger partial charge in [-0.05, 0) is 28.7 Å². The van der Waals surface area contributed by atoms with E-state index in [-0.39, 0.29) is 5.91 Å². The van der Waals surface area contributed by atoms with Gasteiger partial charge in [0.1, 0.15) is 6.54 Å². The van der Waals surface area contributed by atoms with Crippen LogP contribution in [0, 0.1) is 0 Å². The smallest absolute Gasteiger partial charge is 0.322 e. The molecule has 0 heterocycles. The largest absolute Gasteiger partial charge is 0.480 e. The molecule has 0 radical (unpaired) electrons. The number of carbonyl (C=O) groups excluding carboxylic acids is 1. The quantitative estimate of drug-likeness (QED) is 0.305. The van der Waals surface area contributed by atoms with Gasteiger partial charge in [-0.15, -0.1) is 0 Å². The topological polar surface area (TPSA) is 78.4 Å². The summed E-state index contributed by atoms with van der Waals surface area (Å²) in [4.78, 5) is 24.6. The molecule has 4 aromatic carbocycles. The fourth-order valence-corrected chi connectivity index (χ4v) is 4.42. The molecule has 35 heavy (non-hydrogen) atoms. The highest BCUT2D eigenvalue weighted by molar-refractivity contribution is 5.85. The van der Waals surface area contributed by atoms with Gasteiger partial charge in [0.25, 0.3) is 0 Å². The summed E-state index contributed by atoms with van der Waals surface area (Å²) >= 11 is 0. The molecule has 0 aromatic heterocycles. The Labute approximate surface area is 205 Å². The van der Waals surface area contributed by atoms with Gasteiger partial charge in [-0.25, -0.2) is 0 Å². The number of carboxylic acid groups (broad SMARTS) is 1. The van der Waals surface area contributed by atoms with Crippen molar-refractivity contribution >= 4 is 11.9 Å². The lowest BCUT2D eigenvalue weighted by Crippen LogP contribution is -2.56. The fraction of sp³-hybridized carbons (Fsp3) is 0.133. The third-order valence-corrected chi connectivity index (χ3v) is 6.02. The summed E-state index contributed by atoms with van der Waals surface area (Å²) in [5.41, 5.74) is 3.03. The number of rotatable bonds is 10. The molecule has 0 aliphatic heterocycles. The van der Waals surface area contributed by atoms with Gasteiger partial charge in [-0.1, -0.05) is 121 Å². The van der Waals surface area contributed by atoms with Gasteiger partial charge in [0, 0.05) is 0 Å². The number of hydrogen-bond acceptors (Lipinski definition) is 3. The second kappa shape index (κ2) is 11.3. The summed E-state index contributed by atoms with van der Waals surface area (Å²) in [6, 6.07) is 39.0. The molecular formula is C30H28N2O3. The number of benzene rings is 4. The first-order chi connectivity index (χ1) is 17.1. The number of nitrogens with one attached hydrogen (secondary N) is 2. The van der Waals surface area contributed by atoms with Crippen LogP contribution < -0.4 is 10.6 Å². The average Bonchev–Trinajstić information content (AvgIpc) is 2.92. The highest BCUT2D eigenvalue weighted by Crippen LogP contribution is 2.37. The van der Waals surface area contributed by atoms with E-state index in [1.54, 1.807) is 0 Å². The van der Waals surface area contributed by atoms with Crippen LogP contribution in [0.2, 0.25) is 0 Å². The minimum absolute atomic E-state index is 0.372. The lowest BCUT2D eigenvalue weighted by molar-refractivity contribution is -0.138. The summed E-state index contributed by atoms with van der Waals surface area (Å²) in [6.07, 6.45) is 0.389. The van der Waals surface area contributed by atoms with E-state index in [0.717, 1.165) is 22.3 Å². The third kappa shape index (κ3) is 5.65. The van der Waals surface area contributed by atoms with Crippen LogP contribution in [0.15, 0.2) is 121 Å². The van der Waals surface area contributed by atoms with E-state index in [1.165, 1.54) is 0 Å². The van der Waals surface area contributed by atoms with Gasteiger partial charge < -0.3 is 10.4 Å². The summed E-state index contributed by atoms with van der Waals surface area (Å²) in [6.45, 7) is -0.444. The summed E-state index contributed by atoms with van der Waals surface area (Å²) in [7, 11) is 0. The van der Waals surface area contributed by atoms with E-state index in [1.807, 2.05) is 121 Å². The van der Waals surface area contributed by atoms with Crippen molar-refractivity contribution in [1.29, 1.82) is 0 Å². The number of amides is 1. The monoisotopic (exact) mass is 464 g/mol. The molecule has 5 nitrogen and oxygen atoms in total. The van der Waals surface area contributed by atoms with E-state index < -0.39 is 24.1 Å². The van der Waals surface area contributed by atoms with Gasteiger partial charge in [-0.2, -0.15) is 0 Å². The maximum absolute atomic E-state index is 13.4. The molecule has 3 N–H and O–H groups in total. The standard InChI is InChI=1S/C30H28N2O3/c33-28(34)22-31-29(35)27(21-23-13-5-1-6-14-23)32-30(24-15-7-2-8-16-24,25-17-9-3-10-18-25)26-19-11-4-12-20-26/h1-20,27,32H,21-22H2,(H,31,35)(H,33,34)/t27-/m0/s1. The van der Waals surface area contributed by atoms with Crippen molar-refractivity contribution in [3.8, 4) is 0 Å². The van der Waals surface area contributed by atoms with E-state index in [4.69, 9.17) is 5.11 Å². The first kappa shape index (κ1) is 23.9. The van der Waals surface area contributed by atoms with Crippen LogP contribution >= 0.6 is 0 Å². The van der Waals surface area contributed by atoms with Crippen LogP contribution in [-0.4, -0.2) is 29.6 Å². The van der Waals surface area contributed by atoms with Crippen LogP contribution in [-0.2, 0) is 21.5 Å². The second-order valence-electron chi connectivity index (χ2n) is 8.35. The zero-order valence-corrected chi connectivity index (χ0v) is 19.3. The Morgan fingerprint density at radius 3 is 1.46 bits per heavy atom. The maximum Gasteiger partial charge on any atom is 0.322 e. The van der Waals surface area contributed by atoms with Gasteiger partial charge in [0.2, 0.25) is 5.91 Å². The Balaban J connectivity index is 1.87. The molecule has 0 saturated heterocycles. The van der Waals surface area contributed by atoms with E-state index >= 15 is 0 Å². The highest BCUT2D eigenvalue weighted by Gasteiger charge is 2.39.